The maximum atomic E-state index is 5.05. The van der Waals surface area contributed by atoms with Gasteiger partial charge in [-0.3, -0.25) is 0 Å². The van der Waals surface area contributed by atoms with E-state index in [2.05, 4.69) is 43.4 Å². The zero-order valence-corrected chi connectivity index (χ0v) is 9.21. The maximum Gasteiger partial charge on any atom is 0.0713 e. The van der Waals surface area contributed by atoms with Crippen LogP contribution in [0.5, 0.6) is 0 Å². The summed E-state index contributed by atoms with van der Waals surface area (Å²) in [5.74, 6) is 0.675. The summed E-state index contributed by atoms with van der Waals surface area (Å²) in [5, 5.41) is 3.37. The van der Waals surface area contributed by atoms with Gasteiger partial charge in [0.2, 0.25) is 0 Å². The first kappa shape index (κ1) is 11.1. The van der Waals surface area contributed by atoms with Crippen LogP contribution in [0.25, 0.3) is 0 Å². The van der Waals surface area contributed by atoms with Gasteiger partial charge in [-0.05, 0) is 23.6 Å². The second-order valence-corrected chi connectivity index (χ2v) is 3.90. The third-order valence-electron chi connectivity index (χ3n) is 1.98. The largest absolute Gasteiger partial charge is 0.385 e. The molecule has 0 radical (unpaired) electrons. The molecule has 1 aromatic carbocycles. The third-order valence-corrected chi connectivity index (χ3v) is 1.98. The molecule has 0 aromatic heterocycles. The highest BCUT2D eigenvalue weighted by molar-refractivity contribution is 5.44. The molecule has 0 saturated carbocycles. The van der Waals surface area contributed by atoms with Gasteiger partial charge in [0.15, 0.2) is 0 Å². The Morgan fingerprint density at radius 2 is 1.86 bits per heavy atom. The molecule has 0 saturated heterocycles. The highest BCUT2D eigenvalue weighted by Crippen LogP contribution is 2.10. The molecule has 2 heteroatoms. The number of hydrogen-bond acceptors (Lipinski definition) is 2. The summed E-state index contributed by atoms with van der Waals surface area (Å²) in [6.45, 7) is 6.10. The second kappa shape index (κ2) is 5.66. The SMILES string of the molecule is COCc1ccc(NCC(C)C)cc1. The summed E-state index contributed by atoms with van der Waals surface area (Å²) in [6.07, 6.45) is 0. The van der Waals surface area contributed by atoms with Crippen LogP contribution in [0.15, 0.2) is 24.3 Å². The minimum absolute atomic E-state index is 0.675. The van der Waals surface area contributed by atoms with Crippen LogP contribution in [0.3, 0.4) is 0 Å². The van der Waals surface area contributed by atoms with Crippen LogP contribution in [0, 0.1) is 5.92 Å². The fraction of sp³-hybridized carbons (Fsp3) is 0.500. The zero-order valence-electron chi connectivity index (χ0n) is 9.21. The van der Waals surface area contributed by atoms with E-state index in [0.717, 1.165) is 6.54 Å². The topological polar surface area (TPSA) is 21.3 Å². The quantitative estimate of drug-likeness (QED) is 0.776. The van der Waals surface area contributed by atoms with Crippen molar-refractivity contribution in [3.8, 4) is 0 Å². The predicted molar refractivity (Wildman–Crippen MR) is 60.5 cm³/mol. The number of methoxy groups -OCH3 is 1. The second-order valence-electron chi connectivity index (χ2n) is 3.90. The molecule has 0 amide bonds. The van der Waals surface area contributed by atoms with Crippen LogP contribution < -0.4 is 5.32 Å². The van der Waals surface area contributed by atoms with Gasteiger partial charge in [-0.25, -0.2) is 0 Å². The van der Waals surface area contributed by atoms with Crippen molar-refractivity contribution in [1.82, 2.24) is 0 Å². The Morgan fingerprint density at radius 1 is 1.21 bits per heavy atom. The van der Waals surface area contributed by atoms with Gasteiger partial charge in [0, 0.05) is 19.3 Å². The van der Waals surface area contributed by atoms with Crippen LogP contribution in [0.2, 0.25) is 0 Å². The molecular weight excluding hydrogens is 174 g/mol. The van der Waals surface area contributed by atoms with Crippen molar-refractivity contribution in [3.05, 3.63) is 29.8 Å². The molecule has 0 spiro atoms. The standard InChI is InChI=1S/C12H19NO/c1-10(2)8-13-12-6-4-11(5-7-12)9-14-3/h4-7,10,13H,8-9H2,1-3H3. The van der Waals surface area contributed by atoms with Gasteiger partial charge in [0.25, 0.3) is 0 Å². The lowest BCUT2D eigenvalue weighted by atomic mass is 10.2. The summed E-state index contributed by atoms with van der Waals surface area (Å²) in [7, 11) is 1.71. The molecule has 0 atom stereocenters. The Labute approximate surface area is 86.3 Å². The minimum Gasteiger partial charge on any atom is -0.385 e. The summed E-state index contributed by atoms with van der Waals surface area (Å²) < 4.78 is 5.05. The average molecular weight is 193 g/mol. The summed E-state index contributed by atoms with van der Waals surface area (Å²) >= 11 is 0. The lowest BCUT2D eigenvalue weighted by Gasteiger charge is -2.09. The van der Waals surface area contributed by atoms with E-state index >= 15 is 0 Å². The molecule has 0 fully saturated rings. The first-order chi connectivity index (χ1) is 6.72. The van der Waals surface area contributed by atoms with E-state index in [1.54, 1.807) is 7.11 Å². The van der Waals surface area contributed by atoms with Crippen molar-refractivity contribution in [1.29, 1.82) is 0 Å². The van der Waals surface area contributed by atoms with E-state index in [4.69, 9.17) is 4.74 Å². The van der Waals surface area contributed by atoms with Gasteiger partial charge in [0.1, 0.15) is 0 Å². The molecule has 0 aliphatic carbocycles. The van der Waals surface area contributed by atoms with Crippen LogP contribution in [-0.4, -0.2) is 13.7 Å². The Morgan fingerprint density at radius 3 is 2.36 bits per heavy atom. The molecule has 1 rings (SSSR count). The van der Waals surface area contributed by atoms with E-state index in [9.17, 15) is 0 Å². The number of benzene rings is 1. The molecule has 0 bridgehead atoms. The van der Waals surface area contributed by atoms with Crippen molar-refractivity contribution in [2.45, 2.75) is 20.5 Å². The molecule has 0 heterocycles. The van der Waals surface area contributed by atoms with E-state index < -0.39 is 0 Å². The third kappa shape index (κ3) is 3.79. The lowest BCUT2D eigenvalue weighted by Crippen LogP contribution is -2.07. The summed E-state index contributed by atoms with van der Waals surface area (Å²) in [4.78, 5) is 0. The average Bonchev–Trinajstić information content (AvgIpc) is 2.17. The van der Waals surface area contributed by atoms with Crippen molar-refractivity contribution >= 4 is 5.69 Å². The molecule has 14 heavy (non-hydrogen) atoms. The number of hydrogen-bond donors (Lipinski definition) is 1. The number of nitrogens with one attached hydrogen (secondary N) is 1. The first-order valence-corrected chi connectivity index (χ1v) is 5.04. The molecule has 2 nitrogen and oxygen atoms in total. The van der Waals surface area contributed by atoms with Crippen molar-refractivity contribution in [3.63, 3.8) is 0 Å². The van der Waals surface area contributed by atoms with Gasteiger partial charge in [0.05, 0.1) is 6.61 Å². The van der Waals surface area contributed by atoms with E-state index in [1.807, 2.05) is 0 Å². The number of ether oxygens (including phenoxy) is 1. The smallest absolute Gasteiger partial charge is 0.0713 e. The van der Waals surface area contributed by atoms with Crippen LogP contribution >= 0.6 is 0 Å². The molecule has 0 aliphatic rings. The van der Waals surface area contributed by atoms with Crippen LogP contribution in [0.4, 0.5) is 5.69 Å². The van der Waals surface area contributed by atoms with Crippen LogP contribution in [-0.2, 0) is 11.3 Å². The number of rotatable bonds is 5. The molecule has 0 aliphatic heterocycles. The predicted octanol–water partition coefficient (Wildman–Crippen LogP) is 2.90. The van der Waals surface area contributed by atoms with E-state index in [-0.39, 0.29) is 0 Å². The van der Waals surface area contributed by atoms with E-state index in [1.165, 1.54) is 11.3 Å². The van der Waals surface area contributed by atoms with Crippen molar-refractivity contribution < 1.29 is 4.74 Å². The zero-order chi connectivity index (χ0) is 10.4. The van der Waals surface area contributed by atoms with E-state index in [0.29, 0.717) is 12.5 Å². The molecule has 78 valence electrons. The Hall–Kier alpha value is -1.02. The van der Waals surface area contributed by atoms with Crippen molar-refractivity contribution in [2.24, 2.45) is 5.92 Å². The fourth-order valence-electron chi connectivity index (χ4n) is 1.21. The Kier molecular flexibility index (Phi) is 4.47. The van der Waals surface area contributed by atoms with Gasteiger partial charge in [-0.1, -0.05) is 26.0 Å². The summed E-state index contributed by atoms with van der Waals surface area (Å²) in [6, 6.07) is 8.37. The lowest BCUT2D eigenvalue weighted by molar-refractivity contribution is 0.185. The highest BCUT2D eigenvalue weighted by atomic mass is 16.5. The molecule has 1 N–H and O–H groups in total. The van der Waals surface area contributed by atoms with Crippen molar-refractivity contribution in [2.75, 3.05) is 19.0 Å². The minimum atomic E-state index is 0.675. The van der Waals surface area contributed by atoms with Gasteiger partial charge in [-0.15, -0.1) is 0 Å². The molecule has 0 unspecified atom stereocenters. The summed E-state index contributed by atoms with van der Waals surface area (Å²) in [5.41, 5.74) is 2.39. The maximum absolute atomic E-state index is 5.05. The fourth-order valence-corrected chi connectivity index (χ4v) is 1.21. The van der Waals surface area contributed by atoms with Gasteiger partial charge in [-0.2, -0.15) is 0 Å². The normalized spacial score (nSPS) is 10.6. The number of anilines is 1. The molecule has 1 aromatic rings. The van der Waals surface area contributed by atoms with Gasteiger partial charge < -0.3 is 10.1 Å². The molecular formula is C12H19NO. The highest BCUT2D eigenvalue weighted by Gasteiger charge is 1.95. The monoisotopic (exact) mass is 193 g/mol. The van der Waals surface area contributed by atoms with Crippen LogP contribution in [0.1, 0.15) is 19.4 Å². The van der Waals surface area contributed by atoms with Gasteiger partial charge >= 0.3 is 0 Å². The Balaban J connectivity index is 2.46. The first-order valence-electron chi connectivity index (χ1n) is 5.04. The Bertz CT molecular complexity index is 254.